The Morgan fingerprint density at radius 2 is 2.46 bits per heavy atom. The van der Waals surface area contributed by atoms with E-state index < -0.39 is 0 Å². The fourth-order valence-electron chi connectivity index (χ4n) is 2.71. The van der Waals surface area contributed by atoms with Gasteiger partial charge in [-0.3, -0.25) is 9.69 Å². The van der Waals surface area contributed by atoms with E-state index >= 15 is 0 Å². The summed E-state index contributed by atoms with van der Waals surface area (Å²) in [5, 5.41) is 2.88. The minimum absolute atomic E-state index is 0.138. The van der Waals surface area contributed by atoms with Crippen molar-refractivity contribution in [3.8, 4) is 0 Å². The largest absolute Gasteiger partial charge is 0.375 e. The molecule has 0 saturated carbocycles. The number of likely N-dealkylation sites (tertiary alicyclic amines) is 1. The minimum Gasteiger partial charge on any atom is -0.375 e. The first-order chi connectivity index (χ1) is 6.34. The number of nitrogens with one attached hydrogen (secondary N) is 1. The van der Waals surface area contributed by atoms with Gasteiger partial charge in [0.2, 0.25) is 5.91 Å². The second-order valence-electron chi connectivity index (χ2n) is 4.14. The molecule has 0 spiro atoms. The highest BCUT2D eigenvalue weighted by Gasteiger charge is 2.45. The number of carbonyl (C=O) groups is 1. The summed E-state index contributed by atoms with van der Waals surface area (Å²) in [6, 6.07) is 0.651. The van der Waals surface area contributed by atoms with E-state index in [1.165, 1.54) is 0 Å². The van der Waals surface area contributed by atoms with Crippen LogP contribution in [-0.4, -0.2) is 48.7 Å². The second kappa shape index (κ2) is 2.69. The average Bonchev–Trinajstić information content (AvgIpc) is 2.77. The quantitative estimate of drug-likeness (QED) is 0.586. The van der Waals surface area contributed by atoms with Crippen LogP contribution in [-0.2, 0) is 9.53 Å². The molecule has 3 unspecified atom stereocenters. The fraction of sp³-hybridized carbons (Fsp3) is 0.889. The Morgan fingerprint density at radius 1 is 1.54 bits per heavy atom. The molecule has 1 amide bonds. The number of fused-ring (bicyclic) bond motifs is 2. The molecular formula is C9H14N2O2. The Balaban J connectivity index is 1.75. The van der Waals surface area contributed by atoms with Crippen LogP contribution >= 0.6 is 0 Å². The van der Waals surface area contributed by atoms with Crippen LogP contribution in [0.1, 0.15) is 12.8 Å². The van der Waals surface area contributed by atoms with Gasteiger partial charge in [-0.05, 0) is 12.8 Å². The molecule has 3 saturated heterocycles. The Labute approximate surface area is 77.2 Å². The number of rotatable bonds is 1. The van der Waals surface area contributed by atoms with E-state index in [9.17, 15) is 4.79 Å². The molecule has 3 aliphatic heterocycles. The zero-order valence-corrected chi connectivity index (χ0v) is 7.53. The van der Waals surface area contributed by atoms with Crippen molar-refractivity contribution < 1.29 is 9.53 Å². The van der Waals surface area contributed by atoms with Crippen LogP contribution in [0.4, 0.5) is 0 Å². The van der Waals surface area contributed by atoms with Crippen LogP contribution in [0, 0.1) is 0 Å². The Kier molecular flexibility index (Phi) is 1.60. The Bertz CT molecular complexity index is 244. The number of hydrogen-bond donors (Lipinski definition) is 1. The smallest absolute Gasteiger partial charge is 0.237 e. The topological polar surface area (TPSA) is 41.6 Å². The van der Waals surface area contributed by atoms with E-state index in [1.54, 1.807) is 0 Å². The van der Waals surface area contributed by atoms with Gasteiger partial charge in [0.05, 0.1) is 18.8 Å². The molecule has 4 heteroatoms. The summed E-state index contributed by atoms with van der Waals surface area (Å²) in [4.78, 5) is 13.8. The molecule has 13 heavy (non-hydrogen) atoms. The zero-order chi connectivity index (χ0) is 8.84. The molecule has 2 bridgehead atoms. The van der Waals surface area contributed by atoms with Gasteiger partial charge < -0.3 is 10.1 Å². The van der Waals surface area contributed by atoms with Gasteiger partial charge in [0, 0.05) is 19.1 Å². The van der Waals surface area contributed by atoms with E-state index in [1.807, 2.05) is 0 Å². The molecule has 3 fully saturated rings. The molecule has 0 aromatic rings. The van der Waals surface area contributed by atoms with Crippen LogP contribution in [0.5, 0.6) is 0 Å². The molecule has 4 nitrogen and oxygen atoms in total. The van der Waals surface area contributed by atoms with Gasteiger partial charge in [0.15, 0.2) is 0 Å². The Hall–Kier alpha value is -0.610. The van der Waals surface area contributed by atoms with E-state index in [2.05, 4.69) is 10.2 Å². The molecular weight excluding hydrogens is 168 g/mol. The van der Waals surface area contributed by atoms with Crippen molar-refractivity contribution in [1.82, 2.24) is 10.2 Å². The number of amides is 1. The molecule has 0 aliphatic carbocycles. The lowest BCUT2D eigenvalue weighted by Crippen LogP contribution is -2.47. The summed E-state index contributed by atoms with van der Waals surface area (Å²) in [5.74, 6) is 0.215. The third-order valence-corrected chi connectivity index (χ3v) is 3.36. The van der Waals surface area contributed by atoms with Gasteiger partial charge in [0.1, 0.15) is 0 Å². The predicted molar refractivity (Wildman–Crippen MR) is 46.3 cm³/mol. The van der Waals surface area contributed by atoms with Crippen molar-refractivity contribution in [2.45, 2.75) is 31.0 Å². The monoisotopic (exact) mass is 182 g/mol. The maximum atomic E-state index is 11.4. The lowest BCUT2D eigenvalue weighted by molar-refractivity contribution is -0.125. The highest BCUT2D eigenvalue weighted by molar-refractivity contribution is 5.83. The molecule has 0 aromatic carbocycles. The predicted octanol–water partition coefficient (Wildman–Crippen LogP) is -0.652. The summed E-state index contributed by atoms with van der Waals surface area (Å²) in [7, 11) is 0. The average molecular weight is 182 g/mol. The van der Waals surface area contributed by atoms with Crippen LogP contribution in [0.2, 0.25) is 0 Å². The SMILES string of the molecule is O=C1NCCC1N1CC2CC1CO2. The third-order valence-electron chi connectivity index (χ3n) is 3.36. The van der Waals surface area contributed by atoms with Crippen molar-refractivity contribution in [3.05, 3.63) is 0 Å². The highest BCUT2D eigenvalue weighted by atomic mass is 16.5. The van der Waals surface area contributed by atoms with Crippen molar-refractivity contribution in [2.75, 3.05) is 19.7 Å². The first-order valence-corrected chi connectivity index (χ1v) is 4.99. The molecule has 1 N–H and O–H groups in total. The molecule has 0 radical (unpaired) electrons. The first-order valence-electron chi connectivity index (χ1n) is 4.99. The summed E-state index contributed by atoms with van der Waals surface area (Å²) < 4.78 is 5.50. The van der Waals surface area contributed by atoms with Gasteiger partial charge in [-0.2, -0.15) is 0 Å². The van der Waals surface area contributed by atoms with E-state index in [0.29, 0.717) is 12.1 Å². The van der Waals surface area contributed by atoms with Gasteiger partial charge in [-0.15, -0.1) is 0 Å². The minimum atomic E-state index is 0.138. The molecule has 72 valence electrons. The van der Waals surface area contributed by atoms with E-state index in [4.69, 9.17) is 4.74 Å². The molecule has 3 heterocycles. The normalized spacial score (nSPS) is 44.3. The van der Waals surface area contributed by atoms with Gasteiger partial charge in [0.25, 0.3) is 0 Å². The summed E-state index contributed by atoms with van der Waals surface area (Å²) in [6.07, 6.45) is 2.50. The maximum Gasteiger partial charge on any atom is 0.237 e. The van der Waals surface area contributed by atoms with Gasteiger partial charge in [-0.25, -0.2) is 0 Å². The standard InChI is InChI=1S/C9H14N2O2/c12-9-8(1-2-10-9)11-4-7-3-6(11)5-13-7/h6-8H,1-5H2,(H,10,12). The van der Waals surface area contributed by atoms with Crippen molar-refractivity contribution in [1.29, 1.82) is 0 Å². The fourth-order valence-corrected chi connectivity index (χ4v) is 2.71. The number of nitrogens with zero attached hydrogens (tertiary/aromatic N) is 1. The van der Waals surface area contributed by atoms with Crippen LogP contribution in [0.15, 0.2) is 0 Å². The zero-order valence-electron chi connectivity index (χ0n) is 7.53. The number of ether oxygens (including phenoxy) is 1. The molecule has 3 atom stereocenters. The van der Waals surface area contributed by atoms with Gasteiger partial charge >= 0.3 is 0 Å². The first kappa shape index (κ1) is 7.76. The van der Waals surface area contributed by atoms with E-state index in [-0.39, 0.29) is 11.9 Å². The summed E-state index contributed by atoms with van der Waals surface area (Å²) in [5.41, 5.74) is 0. The Morgan fingerprint density at radius 3 is 3.00 bits per heavy atom. The van der Waals surface area contributed by atoms with E-state index in [0.717, 1.165) is 32.5 Å². The second-order valence-corrected chi connectivity index (χ2v) is 4.14. The van der Waals surface area contributed by atoms with Crippen molar-refractivity contribution >= 4 is 5.91 Å². The lowest BCUT2D eigenvalue weighted by Gasteiger charge is -2.30. The highest BCUT2D eigenvalue weighted by Crippen LogP contribution is 2.31. The van der Waals surface area contributed by atoms with Crippen LogP contribution in [0.25, 0.3) is 0 Å². The van der Waals surface area contributed by atoms with Gasteiger partial charge in [-0.1, -0.05) is 0 Å². The van der Waals surface area contributed by atoms with Crippen LogP contribution in [0.3, 0.4) is 0 Å². The number of hydrogen-bond acceptors (Lipinski definition) is 3. The maximum absolute atomic E-state index is 11.4. The molecule has 3 aliphatic rings. The lowest BCUT2D eigenvalue weighted by atomic mass is 10.2. The summed E-state index contributed by atoms with van der Waals surface area (Å²) in [6.45, 7) is 2.63. The third kappa shape index (κ3) is 1.09. The number of morpholine rings is 1. The molecule has 0 aromatic heterocycles. The summed E-state index contributed by atoms with van der Waals surface area (Å²) >= 11 is 0. The van der Waals surface area contributed by atoms with Crippen molar-refractivity contribution in [2.24, 2.45) is 0 Å². The molecule has 3 rings (SSSR count). The van der Waals surface area contributed by atoms with Crippen LogP contribution < -0.4 is 5.32 Å². The van der Waals surface area contributed by atoms with Crippen molar-refractivity contribution in [3.63, 3.8) is 0 Å². The number of carbonyl (C=O) groups excluding carboxylic acids is 1.